The van der Waals surface area contributed by atoms with Gasteiger partial charge >= 0.3 is 0 Å². The fourth-order valence-corrected chi connectivity index (χ4v) is 4.27. The lowest BCUT2D eigenvalue weighted by Gasteiger charge is -2.29. The molecule has 118 valence electrons. The normalized spacial score (nSPS) is 24.6. The zero-order valence-corrected chi connectivity index (χ0v) is 14.7. The number of benzene rings is 1. The van der Waals surface area contributed by atoms with Crippen molar-refractivity contribution in [3.05, 3.63) is 28.2 Å². The van der Waals surface area contributed by atoms with Crippen LogP contribution in [0.2, 0.25) is 0 Å². The van der Waals surface area contributed by atoms with E-state index < -0.39 is 15.9 Å². The fourth-order valence-electron chi connectivity index (χ4n) is 2.73. The molecular formula is C15H21BrO4S. The SMILES string of the molecule is C[C@H](O)c1cc(Br)ccc1OC1CCCC(S(C)(=O)=O)C1. The maximum absolute atomic E-state index is 11.7. The summed E-state index contributed by atoms with van der Waals surface area (Å²) in [5, 5.41) is 9.53. The second kappa shape index (κ2) is 6.67. The number of aliphatic hydroxyl groups is 1. The van der Waals surface area contributed by atoms with Crippen LogP contribution in [0.5, 0.6) is 5.75 Å². The average molecular weight is 377 g/mol. The van der Waals surface area contributed by atoms with Gasteiger partial charge in [-0.15, -0.1) is 0 Å². The molecule has 21 heavy (non-hydrogen) atoms. The van der Waals surface area contributed by atoms with Crippen LogP contribution in [-0.4, -0.2) is 31.1 Å². The number of halogens is 1. The molecule has 2 rings (SSSR count). The quantitative estimate of drug-likeness (QED) is 0.875. The number of ether oxygens (including phenoxy) is 1. The summed E-state index contributed by atoms with van der Waals surface area (Å²) in [5.41, 5.74) is 0.714. The zero-order chi connectivity index (χ0) is 15.6. The Labute approximate surface area is 134 Å². The first-order valence-corrected chi connectivity index (χ1v) is 9.85. The predicted octanol–water partition coefficient (Wildman–Crippen LogP) is 3.24. The first kappa shape index (κ1) is 16.8. The van der Waals surface area contributed by atoms with Gasteiger partial charge < -0.3 is 9.84 Å². The van der Waals surface area contributed by atoms with Gasteiger partial charge in [0.25, 0.3) is 0 Å². The Hall–Kier alpha value is -0.590. The maximum Gasteiger partial charge on any atom is 0.150 e. The van der Waals surface area contributed by atoms with Crippen LogP contribution in [-0.2, 0) is 9.84 Å². The first-order valence-electron chi connectivity index (χ1n) is 7.10. The van der Waals surface area contributed by atoms with E-state index in [4.69, 9.17) is 4.74 Å². The van der Waals surface area contributed by atoms with Crippen molar-refractivity contribution in [1.29, 1.82) is 0 Å². The Kier molecular flexibility index (Phi) is 5.33. The summed E-state index contributed by atoms with van der Waals surface area (Å²) in [4.78, 5) is 0. The maximum atomic E-state index is 11.7. The van der Waals surface area contributed by atoms with E-state index in [-0.39, 0.29) is 11.4 Å². The van der Waals surface area contributed by atoms with E-state index in [1.807, 2.05) is 18.2 Å². The molecule has 1 N–H and O–H groups in total. The fraction of sp³-hybridized carbons (Fsp3) is 0.600. The van der Waals surface area contributed by atoms with Crippen LogP contribution in [0.25, 0.3) is 0 Å². The minimum Gasteiger partial charge on any atom is -0.490 e. The molecule has 0 aromatic heterocycles. The molecule has 0 spiro atoms. The molecule has 4 nitrogen and oxygen atoms in total. The van der Waals surface area contributed by atoms with Crippen molar-refractivity contribution >= 4 is 25.8 Å². The minimum atomic E-state index is -3.02. The highest BCUT2D eigenvalue weighted by molar-refractivity contribution is 9.10. The molecule has 0 amide bonds. The van der Waals surface area contributed by atoms with Crippen molar-refractivity contribution in [2.75, 3.05) is 6.26 Å². The molecule has 1 aliphatic carbocycles. The Balaban J connectivity index is 2.15. The van der Waals surface area contributed by atoms with E-state index in [1.54, 1.807) is 6.92 Å². The van der Waals surface area contributed by atoms with Crippen molar-refractivity contribution in [2.45, 2.75) is 50.1 Å². The lowest BCUT2D eigenvalue weighted by atomic mass is 9.97. The molecule has 1 saturated carbocycles. The standard InChI is InChI=1S/C15H21BrO4S/c1-10(17)14-8-11(16)6-7-15(14)20-12-4-3-5-13(9-12)21(2,18)19/h6-8,10,12-13,17H,3-5,9H2,1-2H3/t10-,12?,13?/m0/s1. The smallest absolute Gasteiger partial charge is 0.150 e. The summed E-state index contributed by atoms with van der Waals surface area (Å²) in [5.74, 6) is 0.632. The second-order valence-electron chi connectivity index (χ2n) is 5.72. The minimum absolute atomic E-state index is 0.114. The zero-order valence-electron chi connectivity index (χ0n) is 12.3. The summed E-state index contributed by atoms with van der Waals surface area (Å²) < 4.78 is 30.3. The van der Waals surface area contributed by atoms with Crippen molar-refractivity contribution in [3.8, 4) is 5.75 Å². The molecule has 1 aliphatic rings. The third-order valence-corrected chi connectivity index (χ3v) is 6.03. The van der Waals surface area contributed by atoms with Gasteiger partial charge in [0.2, 0.25) is 0 Å². The molecule has 1 fully saturated rings. The molecule has 0 heterocycles. The lowest BCUT2D eigenvalue weighted by Crippen LogP contribution is -2.33. The van der Waals surface area contributed by atoms with Gasteiger partial charge in [-0.25, -0.2) is 8.42 Å². The number of hydrogen-bond donors (Lipinski definition) is 1. The first-order chi connectivity index (χ1) is 9.77. The second-order valence-corrected chi connectivity index (χ2v) is 8.96. The van der Waals surface area contributed by atoms with Crippen molar-refractivity contribution in [1.82, 2.24) is 0 Å². The summed E-state index contributed by atoms with van der Waals surface area (Å²) in [6.45, 7) is 1.69. The van der Waals surface area contributed by atoms with Gasteiger partial charge in [0.05, 0.1) is 17.5 Å². The Bertz CT molecular complexity index is 598. The largest absolute Gasteiger partial charge is 0.490 e. The van der Waals surface area contributed by atoms with Crippen LogP contribution >= 0.6 is 15.9 Å². The molecule has 0 bridgehead atoms. The summed E-state index contributed by atoms with van der Waals surface area (Å²) in [6.07, 6.45) is 3.48. The van der Waals surface area contributed by atoms with Crippen molar-refractivity contribution in [3.63, 3.8) is 0 Å². The van der Waals surface area contributed by atoms with Gasteiger partial charge in [0.15, 0.2) is 0 Å². The summed E-state index contributed by atoms with van der Waals surface area (Å²) in [7, 11) is -3.02. The van der Waals surface area contributed by atoms with E-state index in [0.717, 1.165) is 17.3 Å². The molecule has 3 atom stereocenters. The molecule has 0 radical (unpaired) electrons. The van der Waals surface area contributed by atoms with Crippen LogP contribution in [0.4, 0.5) is 0 Å². The van der Waals surface area contributed by atoms with Crippen molar-refractivity contribution in [2.24, 2.45) is 0 Å². The Morgan fingerprint density at radius 3 is 2.71 bits per heavy atom. The van der Waals surface area contributed by atoms with E-state index in [2.05, 4.69) is 15.9 Å². The third-order valence-electron chi connectivity index (χ3n) is 3.90. The highest BCUT2D eigenvalue weighted by Crippen LogP contribution is 2.32. The molecular weight excluding hydrogens is 356 g/mol. The highest BCUT2D eigenvalue weighted by atomic mass is 79.9. The topological polar surface area (TPSA) is 63.6 Å². The molecule has 0 saturated heterocycles. The van der Waals surface area contributed by atoms with Gasteiger partial charge in [-0.05, 0) is 44.4 Å². The Morgan fingerprint density at radius 1 is 1.38 bits per heavy atom. The van der Waals surface area contributed by atoms with E-state index in [1.165, 1.54) is 6.26 Å². The van der Waals surface area contributed by atoms with Crippen LogP contribution in [0.1, 0.15) is 44.3 Å². The lowest BCUT2D eigenvalue weighted by molar-refractivity contribution is 0.143. The molecule has 1 aromatic rings. The number of aliphatic hydroxyl groups excluding tert-OH is 1. The van der Waals surface area contributed by atoms with Gasteiger partial charge in [0.1, 0.15) is 15.6 Å². The highest BCUT2D eigenvalue weighted by Gasteiger charge is 2.30. The Morgan fingerprint density at radius 2 is 2.10 bits per heavy atom. The summed E-state index contributed by atoms with van der Waals surface area (Å²) in [6, 6.07) is 5.51. The van der Waals surface area contributed by atoms with E-state index in [9.17, 15) is 13.5 Å². The van der Waals surface area contributed by atoms with Crippen LogP contribution in [0, 0.1) is 0 Å². The molecule has 2 unspecified atom stereocenters. The number of rotatable bonds is 4. The summed E-state index contributed by atoms with van der Waals surface area (Å²) >= 11 is 3.38. The van der Waals surface area contributed by atoms with Crippen LogP contribution < -0.4 is 4.74 Å². The monoisotopic (exact) mass is 376 g/mol. The van der Waals surface area contributed by atoms with Crippen LogP contribution in [0.15, 0.2) is 22.7 Å². The molecule has 6 heteroatoms. The number of hydrogen-bond acceptors (Lipinski definition) is 4. The van der Waals surface area contributed by atoms with Gasteiger partial charge in [-0.3, -0.25) is 0 Å². The van der Waals surface area contributed by atoms with Crippen molar-refractivity contribution < 1.29 is 18.3 Å². The predicted molar refractivity (Wildman–Crippen MR) is 86.3 cm³/mol. The number of sulfone groups is 1. The van der Waals surface area contributed by atoms with Gasteiger partial charge in [0, 0.05) is 22.7 Å². The van der Waals surface area contributed by atoms with Gasteiger partial charge in [-0.1, -0.05) is 15.9 Å². The molecule has 0 aliphatic heterocycles. The third kappa shape index (κ3) is 4.44. The molecule has 1 aromatic carbocycles. The van der Waals surface area contributed by atoms with Gasteiger partial charge in [-0.2, -0.15) is 0 Å². The van der Waals surface area contributed by atoms with E-state index >= 15 is 0 Å². The van der Waals surface area contributed by atoms with E-state index in [0.29, 0.717) is 24.2 Å². The van der Waals surface area contributed by atoms with Crippen LogP contribution in [0.3, 0.4) is 0 Å². The average Bonchev–Trinajstić information content (AvgIpc) is 2.40.